The summed E-state index contributed by atoms with van der Waals surface area (Å²) in [6, 6.07) is 11.1. The van der Waals surface area contributed by atoms with Crippen LogP contribution in [0, 0.1) is 0 Å². The van der Waals surface area contributed by atoms with Crippen LogP contribution in [-0.2, 0) is 11.3 Å². The van der Waals surface area contributed by atoms with Crippen molar-refractivity contribution in [3.63, 3.8) is 0 Å². The number of fused-ring (bicyclic) bond motifs is 2. The lowest BCUT2D eigenvalue weighted by Gasteiger charge is -2.23. The van der Waals surface area contributed by atoms with Crippen molar-refractivity contribution in [3.05, 3.63) is 41.2 Å². The number of hydrogen-bond donors (Lipinski definition) is 0. The number of benzene rings is 2. The van der Waals surface area contributed by atoms with Gasteiger partial charge in [0.05, 0.1) is 24.4 Å². The van der Waals surface area contributed by atoms with Gasteiger partial charge in [-0.15, -0.1) is 0 Å². The predicted molar refractivity (Wildman–Crippen MR) is 118 cm³/mol. The number of nitrogens with zero attached hydrogens (tertiary/aromatic N) is 2. The second kappa shape index (κ2) is 9.01. The lowest BCUT2D eigenvalue weighted by atomic mass is 10.2. The molecule has 0 radical (unpaired) electrons. The summed E-state index contributed by atoms with van der Waals surface area (Å²) < 4.78 is 25.3. The minimum Gasteiger partial charge on any atom is -0.493 e. The number of aryl methyl sites for hydroxylation is 1. The number of carbonyl (C=O) groups is 1. The summed E-state index contributed by atoms with van der Waals surface area (Å²) in [5.74, 6) is 2.99. The Morgan fingerprint density at radius 1 is 1.23 bits per heavy atom. The molecule has 1 aliphatic rings. The second-order valence-electron chi connectivity index (χ2n) is 6.52. The smallest absolute Gasteiger partial charge is 0.292 e. The molecule has 0 saturated carbocycles. The molecule has 3 aromatic rings. The predicted octanol–water partition coefficient (Wildman–Crippen LogP) is 3.35. The Morgan fingerprint density at radius 3 is 2.70 bits per heavy atom. The lowest BCUT2D eigenvalue weighted by Crippen LogP contribution is -2.36. The number of hydrogen-bond acceptors (Lipinski definition) is 7. The molecule has 2 heterocycles. The Balaban J connectivity index is 1.73. The van der Waals surface area contributed by atoms with Gasteiger partial charge in [-0.1, -0.05) is 23.5 Å². The first-order valence-electron chi connectivity index (χ1n) is 9.36. The van der Waals surface area contributed by atoms with Crippen LogP contribution in [0.1, 0.15) is 0 Å². The van der Waals surface area contributed by atoms with Gasteiger partial charge in [-0.3, -0.25) is 4.79 Å². The van der Waals surface area contributed by atoms with Crippen LogP contribution in [0.4, 0.5) is 0 Å². The van der Waals surface area contributed by atoms with E-state index in [9.17, 15) is 4.79 Å². The summed E-state index contributed by atoms with van der Waals surface area (Å²) in [5, 5.41) is 0. The number of thiazole rings is 1. The highest BCUT2D eigenvalue weighted by molar-refractivity contribution is 7.98. The molecule has 0 bridgehead atoms. The SMILES string of the molecule is COc1cc2sc(=NC(=O)C3COc4ccccc4O3)n(CCSC)c2cc1OC. The van der Waals surface area contributed by atoms with Crippen LogP contribution in [-0.4, -0.2) is 49.4 Å². The first kappa shape index (κ1) is 20.6. The van der Waals surface area contributed by atoms with E-state index in [2.05, 4.69) is 4.99 Å². The van der Waals surface area contributed by atoms with Gasteiger partial charge < -0.3 is 23.5 Å². The average Bonchev–Trinajstić information content (AvgIpc) is 3.11. The number of rotatable bonds is 6. The van der Waals surface area contributed by atoms with E-state index in [0.717, 1.165) is 16.0 Å². The van der Waals surface area contributed by atoms with E-state index in [1.165, 1.54) is 11.3 Å². The maximum Gasteiger partial charge on any atom is 0.292 e. The average molecular weight is 447 g/mol. The maximum absolute atomic E-state index is 12.9. The van der Waals surface area contributed by atoms with Crippen molar-refractivity contribution >= 4 is 39.2 Å². The quantitative estimate of drug-likeness (QED) is 0.578. The molecule has 1 amide bonds. The van der Waals surface area contributed by atoms with Gasteiger partial charge in [0, 0.05) is 24.4 Å². The summed E-state index contributed by atoms with van der Waals surface area (Å²) in [7, 11) is 3.21. The van der Waals surface area contributed by atoms with Gasteiger partial charge in [-0.2, -0.15) is 16.8 Å². The maximum atomic E-state index is 12.9. The zero-order valence-electron chi connectivity index (χ0n) is 16.9. The van der Waals surface area contributed by atoms with Crippen molar-refractivity contribution < 1.29 is 23.7 Å². The Bertz CT molecular complexity index is 1140. The molecule has 158 valence electrons. The molecular weight excluding hydrogens is 424 g/mol. The number of para-hydroxylation sites is 2. The minimum absolute atomic E-state index is 0.136. The van der Waals surface area contributed by atoms with Crippen LogP contribution in [0.2, 0.25) is 0 Å². The largest absolute Gasteiger partial charge is 0.493 e. The lowest BCUT2D eigenvalue weighted by molar-refractivity contribution is -0.127. The zero-order chi connectivity index (χ0) is 21.1. The highest BCUT2D eigenvalue weighted by atomic mass is 32.2. The Labute approximate surface area is 182 Å². The van der Waals surface area contributed by atoms with Crippen molar-refractivity contribution in [1.29, 1.82) is 0 Å². The Kier molecular flexibility index (Phi) is 6.19. The minimum atomic E-state index is -0.775. The standard InChI is InChI=1S/C21H22N2O5S2/c1-25-16-10-13-19(11-17(16)26-2)30-21(23(13)8-9-29-3)22-20(24)18-12-27-14-6-4-5-7-15(14)28-18/h4-7,10-11,18H,8-9,12H2,1-3H3. The highest BCUT2D eigenvalue weighted by Gasteiger charge is 2.27. The molecule has 0 N–H and O–H groups in total. The van der Waals surface area contributed by atoms with Gasteiger partial charge in [-0.25, -0.2) is 0 Å². The van der Waals surface area contributed by atoms with Gasteiger partial charge in [0.2, 0.25) is 6.10 Å². The third kappa shape index (κ3) is 3.99. The first-order chi connectivity index (χ1) is 14.6. The van der Waals surface area contributed by atoms with Crippen LogP contribution < -0.4 is 23.7 Å². The third-order valence-electron chi connectivity index (χ3n) is 4.70. The summed E-state index contributed by atoms with van der Waals surface area (Å²) >= 11 is 3.17. The van der Waals surface area contributed by atoms with Crippen LogP contribution >= 0.6 is 23.1 Å². The fourth-order valence-corrected chi connectivity index (χ4v) is 4.63. The molecule has 0 spiro atoms. The first-order valence-corrected chi connectivity index (χ1v) is 11.6. The van der Waals surface area contributed by atoms with Crippen LogP contribution in [0.25, 0.3) is 10.2 Å². The molecule has 0 aliphatic carbocycles. The molecule has 1 aliphatic heterocycles. The van der Waals surface area contributed by atoms with Crippen molar-refractivity contribution in [3.8, 4) is 23.0 Å². The summed E-state index contributed by atoms with van der Waals surface area (Å²) in [5.41, 5.74) is 0.949. The molecule has 9 heteroatoms. The zero-order valence-corrected chi connectivity index (χ0v) is 18.5. The van der Waals surface area contributed by atoms with E-state index in [0.29, 0.717) is 34.3 Å². The number of aromatic nitrogens is 1. The fourth-order valence-electron chi connectivity index (χ4n) is 3.19. The number of ether oxygens (including phenoxy) is 4. The molecule has 4 rings (SSSR count). The monoisotopic (exact) mass is 446 g/mol. The van der Waals surface area contributed by atoms with Crippen molar-refractivity contribution in [2.24, 2.45) is 4.99 Å². The highest BCUT2D eigenvalue weighted by Crippen LogP contribution is 2.34. The van der Waals surface area contributed by atoms with Crippen molar-refractivity contribution in [2.45, 2.75) is 12.6 Å². The normalized spacial score (nSPS) is 16.0. The number of carbonyl (C=O) groups excluding carboxylic acids is 1. The van der Waals surface area contributed by atoms with Gasteiger partial charge in [-0.05, 0) is 18.4 Å². The van der Waals surface area contributed by atoms with E-state index in [4.69, 9.17) is 18.9 Å². The van der Waals surface area contributed by atoms with Gasteiger partial charge in [0.25, 0.3) is 5.91 Å². The van der Waals surface area contributed by atoms with E-state index in [1.54, 1.807) is 32.0 Å². The Hall–Kier alpha value is -2.65. The third-order valence-corrected chi connectivity index (χ3v) is 6.33. The van der Waals surface area contributed by atoms with Crippen molar-refractivity contribution in [1.82, 2.24) is 4.57 Å². The van der Waals surface area contributed by atoms with E-state index in [1.807, 2.05) is 41.2 Å². The summed E-state index contributed by atoms with van der Waals surface area (Å²) in [6.45, 7) is 0.852. The van der Waals surface area contributed by atoms with E-state index in [-0.39, 0.29) is 12.5 Å². The topological polar surface area (TPSA) is 71.3 Å². The molecule has 1 unspecified atom stereocenters. The van der Waals surface area contributed by atoms with E-state index < -0.39 is 6.10 Å². The van der Waals surface area contributed by atoms with Crippen LogP contribution in [0.3, 0.4) is 0 Å². The van der Waals surface area contributed by atoms with Gasteiger partial charge >= 0.3 is 0 Å². The summed E-state index contributed by atoms with van der Waals surface area (Å²) in [4.78, 5) is 17.9. The van der Waals surface area contributed by atoms with Gasteiger partial charge in [0.1, 0.15) is 6.61 Å². The molecule has 30 heavy (non-hydrogen) atoms. The Morgan fingerprint density at radius 2 is 1.97 bits per heavy atom. The molecule has 7 nitrogen and oxygen atoms in total. The van der Waals surface area contributed by atoms with Gasteiger partial charge in [0.15, 0.2) is 27.8 Å². The number of thioether (sulfide) groups is 1. The molecule has 1 atom stereocenters. The number of methoxy groups -OCH3 is 2. The molecule has 0 saturated heterocycles. The fraction of sp³-hybridized carbons (Fsp3) is 0.333. The molecular formula is C21H22N2O5S2. The van der Waals surface area contributed by atoms with Crippen LogP contribution in [0.5, 0.6) is 23.0 Å². The molecule has 1 aromatic heterocycles. The van der Waals surface area contributed by atoms with Crippen molar-refractivity contribution in [2.75, 3.05) is 32.8 Å². The number of amides is 1. The second-order valence-corrected chi connectivity index (χ2v) is 8.51. The molecule has 2 aromatic carbocycles. The van der Waals surface area contributed by atoms with Crippen LogP contribution in [0.15, 0.2) is 41.4 Å². The van der Waals surface area contributed by atoms with E-state index >= 15 is 0 Å². The summed E-state index contributed by atoms with van der Waals surface area (Å²) in [6.07, 6.45) is 1.27. The molecule has 0 fully saturated rings.